The van der Waals surface area contributed by atoms with Crippen molar-refractivity contribution in [2.75, 3.05) is 6.61 Å². The summed E-state index contributed by atoms with van der Waals surface area (Å²) in [5, 5.41) is 8.85. The van der Waals surface area contributed by atoms with Crippen molar-refractivity contribution in [1.29, 1.82) is 0 Å². The van der Waals surface area contributed by atoms with Gasteiger partial charge in [-0.2, -0.15) is 0 Å². The van der Waals surface area contributed by atoms with Crippen molar-refractivity contribution in [2.24, 2.45) is 0 Å². The highest BCUT2D eigenvalue weighted by Gasteiger charge is 2.20. The van der Waals surface area contributed by atoms with E-state index >= 15 is 0 Å². The Morgan fingerprint density at radius 3 is 2.73 bits per heavy atom. The Morgan fingerprint density at radius 2 is 2.07 bits per heavy atom. The number of H-pyrrole nitrogens is 1. The Kier molecular flexibility index (Phi) is 3.81. The molecule has 0 bridgehead atoms. The summed E-state index contributed by atoms with van der Waals surface area (Å²) >= 11 is 3.50. The molecule has 1 aliphatic rings. The predicted molar refractivity (Wildman–Crippen MR) is 62.9 cm³/mol. The number of hydrogen-bond donors (Lipinski definition) is 2. The minimum Gasteiger partial charge on any atom is -0.396 e. The number of hydrogen-bond acceptors (Lipinski definition) is 2. The maximum atomic E-state index is 8.85. The summed E-state index contributed by atoms with van der Waals surface area (Å²) in [5.41, 5.74) is 1.23. The first kappa shape index (κ1) is 11.1. The van der Waals surface area contributed by atoms with Crippen molar-refractivity contribution in [3.05, 3.63) is 16.1 Å². The number of rotatable bonds is 3. The molecule has 1 aromatic heterocycles. The molecule has 1 heterocycles. The van der Waals surface area contributed by atoms with Crippen LogP contribution in [0.1, 0.15) is 49.5 Å². The summed E-state index contributed by atoms with van der Waals surface area (Å²) in [6.07, 6.45) is 7.16. The van der Waals surface area contributed by atoms with Crippen LogP contribution in [0.3, 0.4) is 0 Å². The molecule has 1 aromatic rings. The number of aliphatic hydroxyl groups excluding tert-OH is 1. The molecule has 15 heavy (non-hydrogen) atoms. The van der Waals surface area contributed by atoms with Gasteiger partial charge in [-0.05, 0) is 28.8 Å². The van der Waals surface area contributed by atoms with Gasteiger partial charge in [-0.3, -0.25) is 0 Å². The van der Waals surface area contributed by atoms with Gasteiger partial charge < -0.3 is 10.1 Å². The van der Waals surface area contributed by atoms with Crippen molar-refractivity contribution >= 4 is 15.9 Å². The minimum atomic E-state index is 0.157. The zero-order valence-corrected chi connectivity index (χ0v) is 10.4. The average Bonchev–Trinajstić information content (AvgIpc) is 2.61. The van der Waals surface area contributed by atoms with E-state index in [2.05, 4.69) is 25.9 Å². The third-order valence-electron chi connectivity index (χ3n) is 3.10. The molecule has 0 amide bonds. The highest BCUT2D eigenvalue weighted by molar-refractivity contribution is 9.10. The maximum Gasteiger partial charge on any atom is 0.127 e. The highest BCUT2D eigenvalue weighted by Crippen LogP contribution is 2.35. The van der Waals surface area contributed by atoms with E-state index in [9.17, 15) is 0 Å². The van der Waals surface area contributed by atoms with Crippen LogP contribution in [0.5, 0.6) is 0 Å². The lowest BCUT2D eigenvalue weighted by Gasteiger charge is -2.20. The monoisotopic (exact) mass is 272 g/mol. The number of aromatic amines is 1. The second-order valence-corrected chi connectivity index (χ2v) is 4.95. The van der Waals surface area contributed by atoms with Gasteiger partial charge in [0.05, 0.1) is 12.3 Å². The lowest BCUT2D eigenvalue weighted by molar-refractivity contribution is 0.297. The second kappa shape index (κ2) is 5.12. The molecule has 0 atom stereocenters. The van der Waals surface area contributed by atoms with E-state index in [4.69, 9.17) is 5.11 Å². The molecular weight excluding hydrogens is 256 g/mol. The molecule has 1 saturated carbocycles. The molecule has 84 valence electrons. The first-order valence-corrected chi connectivity index (χ1v) is 6.45. The predicted octanol–water partition coefficient (Wildman–Crippen LogP) is 2.75. The number of aliphatic hydroxyl groups is 1. The van der Waals surface area contributed by atoms with Crippen LogP contribution in [0.15, 0.2) is 4.60 Å². The molecule has 3 nitrogen and oxygen atoms in total. The molecule has 1 fully saturated rings. The van der Waals surface area contributed by atoms with E-state index in [1.165, 1.54) is 37.8 Å². The standard InChI is InChI=1S/C11H17BrN2O/c12-11-10(8-4-2-1-3-5-8)13-9(14-11)6-7-15/h8,15H,1-7H2,(H,13,14). The van der Waals surface area contributed by atoms with Gasteiger partial charge in [-0.1, -0.05) is 19.3 Å². The van der Waals surface area contributed by atoms with Crippen LogP contribution in [0.25, 0.3) is 0 Å². The van der Waals surface area contributed by atoms with Crippen molar-refractivity contribution in [1.82, 2.24) is 9.97 Å². The Bertz CT molecular complexity index is 318. The SMILES string of the molecule is OCCc1nc(Br)c(C2CCCCC2)[nH]1. The van der Waals surface area contributed by atoms with Gasteiger partial charge in [0.25, 0.3) is 0 Å². The number of aromatic nitrogens is 2. The summed E-state index contributed by atoms with van der Waals surface area (Å²) in [6, 6.07) is 0. The van der Waals surface area contributed by atoms with Crippen LogP contribution in [0.2, 0.25) is 0 Å². The molecule has 2 rings (SSSR count). The van der Waals surface area contributed by atoms with Crippen LogP contribution in [0.4, 0.5) is 0 Å². The fourth-order valence-electron chi connectivity index (χ4n) is 2.30. The summed E-state index contributed by atoms with van der Waals surface area (Å²) < 4.78 is 0.942. The van der Waals surface area contributed by atoms with E-state index in [0.717, 1.165) is 10.4 Å². The van der Waals surface area contributed by atoms with E-state index < -0.39 is 0 Å². The Labute approximate surface area is 98.4 Å². The number of imidazole rings is 1. The quantitative estimate of drug-likeness (QED) is 0.889. The van der Waals surface area contributed by atoms with Crippen LogP contribution in [-0.2, 0) is 6.42 Å². The van der Waals surface area contributed by atoms with Gasteiger partial charge in [0, 0.05) is 12.3 Å². The van der Waals surface area contributed by atoms with Gasteiger partial charge in [0.15, 0.2) is 0 Å². The maximum absolute atomic E-state index is 8.85. The molecule has 4 heteroatoms. The van der Waals surface area contributed by atoms with Gasteiger partial charge in [-0.15, -0.1) is 0 Å². The number of nitrogens with one attached hydrogen (secondary N) is 1. The van der Waals surface area contributed by atoms with E-state index in [1.807, 2.05) is 0 Å². The molecule has 0 aromatic carbocycles. The summed E-state index contributed by atoms with van der Waals surface area (Å²) in [6.45, 7) is 0.157. The van der Waals surface area contributed by atoms with E-state index in [0.29, 0.717) is 12.3 Å². The zero-order valence-electron chi connectivity index (χ0n) is 8.80. The smallest absolute Gasteiger partial charge is 0.127 e. The number of nitrogens with zero attached hydrogens (tertiary/aromatic N) is 1. The van der Waals surface area contributed by atoms with Crippen LogP contribution >= 0.6 is 15.9 Å². The van der Waals surface area contributed by atoms with Crippen LogP contribution in [0, 0.1) is 0 Å². The largest absolute Gasteiger partial charge is 0.396 e. The molecule has 0 saturated heterocycles. The molecule has 0 spiro atoms. The third-order valence-corrected chi connectivity index (χ3v) is 3.70. The molecule has 0 aliphatic heterocycles. The van der Waals surface area contributed by atoms with Gasteiger partial charge in [0.2, 0.25) is 0 Å². The Balaban J connectivity index is 2.11. The highest BCUT2D eigenvalue weighted by atomic mass is 79.9. The normalized spacial score (nSPS) is 18.3. The minimum absolute atomic E-state index is 0.157. The lowest BCUT2D eigenvalue weighted by Crippen LogP contribution is -2.05. The average molecular weight is 273 g/mol. The molecule has 0 radical (unpaired) electrons. The van der Waals surface area contributed by atoms with Crippen LogP contribution in [-0.4, -0.2) is 21.7 Å². The van der Waals surface area contributed by atoms with E-state index in [1.54, 1.807) is 0 Å². The van der Waals surface area contributed by atoms with E-state index in [-0.39, 0.29) is 6.61 Å². The Morgan fingerprint density at radius 1 is 1.33 bits per heavy atom. The Hall–Kier alpha value is -0.350. The summed E-state index contributed by atoms with van der Waals surface area (Å²) in [4.78, 5) is 7.71. The lowest BCUT2D eigenvalue weighted by atomic mass is 9.87. The number of halogens is 1. The molecular formula is C11H17BrN2O. The third kappa shape index (κ3) is 2.61. The fourth-order valence-corrected chi connectivity index (χ4v) is 2.94. The topological polar surface area (TPSA) is 48.9 Å². The summed E-state index contributed by atoms with van der Waals surface area (Å²) in [7, 11) is 0. The van der Waals surface area contributed by atoms with Crippen molar-refractivity contribution < 1.29 is 5.11 Å². The zero-order chi connectivity index (χ0) is 10.7. The molecule has 2 N–H and O–H groups in total. The van der Waals surface area contributed by atoms with Gasteiger partial charge in [0.1, 0.15) is 10.4 Å². The first-order chi connectivity index (χ1) is 7.31. The first-order valence-electron chi connectivity index (χ1n) is 5.66. The molecule has 1 aliphatic carbocycles. The van der Waals surface area contributed by atoms with Gasteiger partial charge >= 0.3 is 0 Å². The van der Waals surface area contributed by atoms with Gasteiger partial charge in [-0.25, -0.2) is 4.98 Å². The van der Waals surface area contributed by atoms with Crippen molar-refractivity contribution in [3.63, 3.8) is 0 Å². The fraction of sp³-hybridized carbons (Fsp3) is 0.727. The van der Waals surface area contributed by atoms with Crippen LogP contribution < -0.4 is 0 Å². The van der Waals surface area contributed by atoms with Crippen molar-refractivity contribution in [3.8, 4) is 0 Å². The second-order valence-electron chi connectivity index (χ2n) is 4.20. The van der Waals surface area contributed by atoms with Crippen molar-refractivity contribution in [2.45, 2.75) is 44.4 Å². The molecule has 0 unspecified atom stereocenters. The summed E-state index contributed by atoms with van der Waals surface area (Å²) in [5.74, 6) is 1.53.